The van der Waals surface area contributed by atoms with Crippen LogP contribution in [-0.4, -0.2) is 21.8 Å². The Bertz CT molecular complexity index is 758. The standard InChI is InChI=1S/C18H18ClN3O/c19-16-9-5-4-8-15(16)17(23)12-20-10-14-11-21-22-18(14)13-6-2-1-3-7-13/h1-9,11,17,20,23H,10,12H2,(H,21,22). The minimum absolute atomic E-state index is 0.420. The second-order valence-corrected chi connectivity index (χ2v) is 5.71. The van der Waals surface area contributed by atoms with Gasteiger partial charge in [-0.3, -0.25) is 5.10 Å². The van der Waals surface area contributed by atoms with Crippen LogP contribution in [0.1, 0.15) is 17.2 Å². The second-order valence-electron chi connectivity index (χ2n) is 5.30. The predicted octanol–water partition coefficient (Wildman–Crippen LogP) is 3.55. The smallest absolute Gasteiger partial charge is 0.0928 e. The number of aromatic amines is 1. The molecule has 1 unspecified atom stereocenters. The molecule has 118 valence electrons. The van der Waals surface area contributed by atoms with Gasteiger partial charge < -0.3 is 10.4 Å². The second kappa shape index (κ2) is 7.42. The average Bonchev–Trinajstić information content (AvgIpc) is 3.04. The first-order valence-electron chi connectivity index (χ1n) is 7.46. The Morgan fingerprint density at radius 3 is 2.61 bits per heavy atom. The molecule has 3 N–H and O–H groups in total. The Kier molecular flexibility index (Phi) is 5.08. The molecule has 4 nitrogen and oxygen atoms in total. The summed E-state index contributed by atoms with van der Waals surface area (Å²) in [6.07, 6.45) is 1.16. The van der Waals surface area contributed by atoms with E-state index in [0.717, 1.165) is 22.4 Å². The quantitative estimate of drug-likeness (QED) is 0.649. The van der Waals surface area contributed by atoms with Crippen LogP contribution in [0, 0.1) is 0 Å². The zero-order valence-corrected chi connectivity index (χ0v) is 13.3. The van der Waals surface area contributed by atoms with E-state index >= 15 is 0 Å². The third-order valence-corrected chi connectivity index (χ3v) is 4.04. The van der Waals surface area contributed by atoms with Crippen LogP contribution >= 0.6 is 11.6 Å². The minimum atomic E-state index is -0.643. The lowest BCUT2D eigenvalue weighted by molar-refractivity contribution is 0.174. The topological polar surface area (TPSA) is 60.9 Å². The highest BCUT2D eigenvalue weighted by atomic mass is 35.5. The Morgan fingerprint density at radius 2 is 1.83 bits per heavy atom. The molecule has 0 spiro atoms. The normalized spacial score (nSPS) is 12.3. The molecule has 0 aliphatic rings. The van der Waals surface area contributed by atoms with Gasteiger partial charge in [0.1, 0.15) is 0 Å². The Balaban J connectivity index is 1.62. The summed E-state index contributed by atoms with van der Waals surface area (Å²) >= 11 is 6.10. The van der Waals surface area contributed by atoms with Crippen LogP contribution < -0.4 is 5.32 Å². The van der Waals surface area contributed by atoms with Gasteiger partial charge in [0, 0.05) is 29.2 Å². The summed E-state index contributed by atoms with van der Waals surface area (Å²) in [5.74, 6) is 0. The first-order chi connectivity index (χ1) is 11.3. The van der Waals surface area contributed by atoms with Crippen molar-refractivity contribution in [3.05, 3.63) is 76.9 Å². The summed E-state index contributed by atoms with van der Waals surface area (Å²) in [5, 5.41) is 21.2. The van der Waals surface area contributed by atoms with E-state index in [1.165, 1.54) is 0 Å². The van der Waals surface area contributed by atoms with E-state index in [1.54, 1.807) is 12.3 Å². The molecule has 0 saturated heterocycles. The molecule has 1 atom stereocenters. The van der Waals surface area contributed by atoms with Gasteiger partial charge in [0.25, 0.3) is 0 Å². The lowest BCUT2D eigenvalue weighted by atomic mass is 10.1. The van der Waals surface area contributed by atoms with Crippen molar-refractivity contribution in [3.8, 4) is 11.3 Å². The molecular formula is C18H18ClN3O. The van der Waals surface area contributed by atoms with Crippen molar-refractivity contribution in [1.29, 1.82) is 0 Å². The van der Waals surface area contributed by atoms with Crippen molar-refractivity contribution in [2.75, 3.05) is 6.54 Å². The highest BCUT2D eigenvalue weighted by Crippen LogP contribution is 2.23. The zero-order valence-electron chi connectivity index (χ0n) is 12.5. The van der Waals surface area contributed by atoms with Crippen LogP contribution in [0.2, 0.25) is 5.02 Å². The molecule has 0 fully saturated rings. The minimum Gasteiger partial charge on any atom is -0.387 e. The van der Waals surface area contributed by atoms with Crippen LogP contribution in [-0.2, 0) is 6.54 Å². The summed E-state index contributed by atoms with van der Waals surface area (Å²) in [6.45, 7) is 1.03. The molecule has 2 aromatic carbocycles. The number of benzene rings is 2. The molecule has 1 aromatic heterocycles. The molecule has 0 radical (unpaired) electrons. The van der Waals surface area contributed by atoms with Gasteiger partial charge in [-0.1, -0.05) is 60.1 Å². The van der Waals surface area contributed by atoms with E-state index in [-0.39, 0.29) is 0 Å². The fourth-order valence-electron chi connectivity index (χ4n) is 2.50. The summed E-state index contributed by atoms with van der Waals surface area (Å²) in [4.78, 5) is 0. The van der Waals surface area contributed by atoms with Gasteiger partial charge in [-0.15, -0.1) is 0 Å². The van der Waals surface area contributed by atoms with Crippen molar-refractivity contribution in [2.24, 2.45) is 0 Å². The molecule has 3 rings (SSSR count). The third-order valence-electron chi connectivity index (χ3n) is 3.70. The lowest BCUT2D eigenvalue weighted by Crippen LogP contribution is -2.21. The molecule has 0 bridgehead atoms. The van der Waals surface area contributed by atoms with Crippen LogP contribution in [0.15, 0.2) is 60.8 Å². The number of aliphatic hydroxyl groups is 1. The van der Waals surface area contributed by atoms with Gasteiger partial charge in [-0.25, -0.2) is 0 Å². The molecule has 23 heavy (non-hydrogen) atoms. The van der Waals surface area contributed by atoms with Gasteiger partial charge in [-0.2, -0.15) is 5.10 Å². The number of aromatic nitrogens is 2. The van der Waals surface area contributed by atoms with Crippen LogP contribution in [0.25, 0.3) is 11.3 Å². The van der Waals surface area contributed by atoms with E-state index in [2.05, 4.69) is 15.5 Å². The maximum Gasteiger partial charge on any atom is 0.0928 e. The predicted molar refractivity (Wildman–Crippen MR) is 92.1 cm³/mol. The molecule has 0 amide bonds. The molecule has 5 heteroatoms. The summed E-state index contributed by atoms with van der Waals surface area (Å²) < 4.78 is 0. The number of halogens is 1. The Hall–Kier alpha value is -2.14. The number of H-pyrrole nitrogens is 1. The van der Waals surface area contributed by atoms with Gasteiger partial charge in [-0.05, 0) is 11.6 Å². The number of hydrogen-bond donors (Lipinski definition) is 3. The largest absolute Gasteiger partial charge is 0.387 e. The molecule has 0 aliphatic heterocycles. The van der Waals surface area contributed by atoms with Crippen molar-refractivity contribution in [1.82, 2.24) is 15.5 Å². The fourth-order valence-corrected chi connectivity index (χ4v) is 2.76. The maximum atomic E-state index is 10.2. The zero-order chi connectivity index (χ0) is 16.1. The number of nitrogens with zero attached hydrogens (tertiary/aromatic N) is 1. The molecule has 0 aliphatic carbocycles. The van der Waals surface area contributed by atoms with Gasteiger partial charge >= 0.3 is 0 Å². The van der Waals surface area contributed by atoms with Crippen molar-refractivity contribution < 1.29 is 5.11 Å². The number of hydrogen-bond acceptors (Lipinski definition) is 3. The average molecular weight is 328 g/mol. The van der Waals surface area contributed by atoms with Crippen LogP contribution in [0.4, 0.5) is 0 Å². The van der Waals surface area contributed by atoms with Gasteiger partial charge in [0.15, 0.2) is 0 Å². The maximum absolute atomic E-state index is 10.2. The summed E-state index contributed by atoms with van der Waals surface area (Å²) in [7, 11) is 0. The number of nitrogens with one attached hydrogen (secondary N) is 2. The van der Waals surface area contributed by atoms with Crippen LogP contribution in [0.3, 0.4) is 0 Å². The first kappa shape index (κ1) is 15.7. The van der Waals surface area contributed by atoms with E-state index < -0.39 is 6.10 Å². The Labute approximate surface area is 140 Å². The van der Waals surface area contributed by atoms with E-state index in [4.69, 9.17) is 11.6 Å². The highest BCUT2D eigenvalue weighted by molar-refractivity contribution is 6.31. The lowest BCUT2D eigenvalue weighted by Gasteiger charge is -2.13. The van der Waals surface area contributed by atoms with Crippen LogP contribution in [0.5, 0.6) is 0 Å². The van der Waals surface area contributed by atoms with Gasteiger partial charge in [0.05, 0.1) is 18.0 Å². The van der Waals surface area contributed by atoms with Crippen molar-refractivity contribution >= 4 is 11.6 Å². The van der Waals surface area contributed by atoms with Gasteiger partial charge in [0.2, 0.25) is 0 Å². The molecule has 3 aromatic rings. The SMILES string of the molecule is OC(CNCc1cn[nH]c1-c1ccccc1)c1ccccc1Cl. The number of aliphatic hydroxyl groups excluding tert-OH is 1. The highest BCUT2D eigenvalue weighted by Gasteiger charge is 2.12. The number of rotatable bonds is 6. The van der Waals surface area contributed by atoms with E-state index in [9.17, 15) is 5.11 Å². The van der Waals surface area contributed by atoms with Crippen molar-refractivity contribution in [3.63, 3.8) is 0 Å². The van der Waals surface area contributed by atoms with E-state index in [1.807, 2.05) is 48.5 Å². The molecular weight excluding hydrogens is 310 g/mol. The fraction of sp³-hybridized carbons (Fsp3) is 0.167. The van der Waals surface area contributed by atoms with E-state index in [0.29, 0.717) is 18.1 Å². The monoisotopic (exact) mass is 327 g/mol. The summed E-state index contributed by atoms with van der Waals surface area (Å²) in [6, 6.07) is 17.4. The van der Waals surface area contributed by atoms with Crippen molar-refractivity contribution in [2.45, 2.75) is 12.6 Å². The summed E-state index contributed by atoms with van der Waals surface area (Å²) in [5.41, 5.74) is 3.87. The first-order valence-corrected chi connectivity index (χ1v) is 7.84. The molecule has 1 heterocycles. The Morgan fingerprint density at radius 1 is 1.09 bits per heavy atom. The molecule has 0 saturated carbocycles. The third kappa shape index (κ3) is 3.79.